The molecule has 0 saturated heterocycles. The third-order valence-electron chi connectivity index (χ3n) is 7.66. The molecule has 242 valence electrons. The first kappa shape index (κ1) is 35.2. The number of ether oxygens (including phenoxy) is 1. The number of hydrogen-bond donors (Lipinski definition) is 3. The van der Waals surface area contributed by atoms with Crippen molar-refractivity contribution in [1.82, 2.24) is 10.2 Å². The highest BCUT2D eigenvalue weighted by atomic mass is 16.6. The number of phenolic OH excluding ortho intramolecular Hbond substituents is 1. The largest absolute Gasteiger partial charge is 0.508 e. The zero-order chi connectivity index (χ0) is 33.3. The molecular formula is C37H49N3O5. The molecule has 2 atom stereocenters. The average molecular weight is 616 g/mol. The van der Waals surface area contributed by atoms with E-state index in [-0.39, 0.29) is 18.1 Å². The van der Waals surface area contributed by atoms with Crippen LogP contribution in [-0.4, -0.2) is 46.1 Å². The summed E-state index contributed by atoms with van der Waals surface area (Å²) in [5.41, 5.74) is 5.17. The molecule has 0 fully saturated rings. The molecule has 0 aliphatic rings. The SMILES string of the molecule is CCCCCN(C(=O)C(Cc1ccc(O)cc1)NC(=O)OC(C)(C)C)C(C(=O)Nc1c(C)cccc1C)c1ccc(C)cc1C. The topological polar surface area (TPSA) is 108 Å². The van der Waals surface area contributed by atoms with E-state index >= 15 is 0 Å². The molecule has 3 aromatic rings. The maximum Gasteiger partial charge on any atom is 0.408 e. The summed E-state index contributed by atoms with van der Waals surface area (Å²) < 4.78 is 5.54. The fourth-order valence-corrected chi connectivity index (χ4v) is 5.40. The number of anilines is 1. The van der Waals surface area contributed by atoms with Gasteiger partial charge >= 0.3 is 6.09 Å². The van der Waals surface area contributed by atoms with Crippen molar-refractivity contribution in [3.8, 4) is 5.75 Å². The fraction of sp³-hybridized carbons (Fsp3) is 0.432. The second-order valence-corrected chi connectivity index (χ2v) is 12.8. The van der Waals surface area contributed by atoms with E-state index in [1.54, 1.807) is 49.9 Å². The monoisotopic (exact) mass is 615 g/mol. The van der Waals surface area contributed by atoms with Crippen molar-refractivity contribution in [2.24, 2.45) is 0 Å². The van der Waals surface area contributed by atoms with Crippen LogP contribution < -0.4 is 10.6 Å². The number of benzene rings is 3. The molecule has 8 nitrogen and oxygen atoms in total. The summed E-state index contributed by atoms with van der Waals surface area (Å²) in [6.45, 7) is 15.5. The van der Waals surface area contributed by atoms with Crippen molar-refractivity contribution in [2.75, 3.05) is 11.9 Å². The molecule has 3 N–H and O–H groups in total. The minimum Gasteiger partial charge on any atom is -0.508 e. The number of para-hydroxylation sites is 1. The summed E-state index contributed by atoms with van der Waals surface area (Å²) in [5, 5.41) is 15.8. The maximum absolute atomic E-state index is 14.7. The predicted octanol–water partition coefficient (Wildman–Crippen LogP) is 7.46. The highest BCUT2D eigenvalue weighted by Crippen LogP contribution is 2.30. The van der Waals surface area contributed by atoms with Gasteiger partial charge in [-0.05, 0) is 94.8 Å². The second-order valence-electron chi connectivity index (χ2n) is 12.8. The lowest BCUT2D eigenvalue weighted by atomic mass is 9.95. The molecule has 0 aromatic heterocycles. The number of carbonyl (C=O) groups excluding carboxylic acids is 3. The van der Waals surface area contributed by atoms with E-state index < -0.39 is 29.7 Å². The average Bonchev–Trinajstić information content (AvgIpc) is 2.95. The highest BCUT2D eigenvalue weighted by Gasteiger charge is 2.37. The molecule has 3 aromatic carbocycles. The number of nitrogens with one attached hydrogen (secondary N) is 2. The third-order valence-corrected chi connectivity index (χ3v) is 7.66. The number of unbranched alkanes of at least 4 members (excludes halogenated alkanes) is 2. The lowest BCUT2D eigenvalue weighted by Gasteiger charge is -2.35. The van der Waals surface area contributed by atoms with E-state index in [0.29, 0.717) is 18.7 Å². The van der Waals surface area contributed by atoms with Crippen LogP contribution in [0.25, 0.3) is 0 Å². The molecule has 0 radical (unpaired) electrons. The maximum atomic E-state index is 14.7. The van der Waals surface area contributed by atoms with Gasteiger partial charge in [0.25, 0.3) is 5.91 Å². The van der Waals surface area contributed by atoms with Gasteiger partial charge in [0.2, 0.25) is 5.91 Å². The minimum atomic E-state index is -1.03. The van der Waals surface area contributed by atoms with Crippen molar-refractivity contribution in [1.29, 1.82) is 0 Å². The zero-order valence-electron chi connectivity index (χ0n) is 28.0. The number of aromatic hydroxyl groups is 1. The van der Waals surface area contributed by atoms with Crippen LogP contribution >= 0.6 is 0 Å². The normalized spacial score (nSPS) is 12.6. The van der Waals surface area contributed by atoms with E-state index in [2.05, 4.69) is 17.6 Å². The van der Waals surface area contributed by atoms with Gasteiger partial charge in [-0.1, -0.05) is 73.9 Å². The van der Waals surface area contributed by atoms with Crippen molar-refractivity contribution < 1.29 is 24.2 Å². The molecule has 3 rings (SSSR count). The van der Waals surface area contributed by atoms with Crippen LogP contribution in [0.3, 0.4) is 0 Å². The molecule has 45 heavy (non-hydrogen) atoms. The van der Waals surface area contributed by atoms with Crippen LogP contribution in [0.15, 0.2) is 60.7 Å². The van der Waals surface area contributed by atoms with Gasteiger partial charge in [0.1, 0.15) is 23.4 Å². The molecule has 3 amide bonds. The molecular weight excluding hydrogens is 566 g/mol. The number of alkyl carbamates (subject to hydrolysis) is 1. The van der Waals surface area contributed by atoms with Crippen molar-refractivity contribution in [3.05, 3.63) is 94.0 Å². The van der Waals surface area contributed by atoms with Gasteiger partial charge in [0, 0.05) is 18.7 Å². The van der Waals surface area contributed by atoms with Crippen LogP contribution in [0.4, 0.5) is 10.5 Å². The van der Waals surface area contributed by atoms with Gasteiger partial charge in [-0.15, -0.1) is 0 Å². The van der Waals surface area contributed by atoms with E-state index in [9.17, 15) is 19.5 Å². The molecule has 0 aliphatic heterocycles. The van der Waals surface area contributed by atoms with Crippen molar-refractivity contribution >= 4 is 23.6 Å². The van der Waals surface area contributed by atoms with Gasteiger partial charge < -0.3 is 25.4 Å². The lowest BCUT2D eigenvalue weighted by molar-refractivity contribution is -0.140. The van der Waals surface area contributed by atoms with E-state index in [1.165, 1.54) is 0 Å². The Hall–Kier alpha value is -4.33. The highest BCUT2D eigenvalue weighted by molar-refractivity contribution is 6.00. The van der Waals surface area contributed by atoms with E-state index in [4.69, 9.17) is 4.74 Å². The summed E-state index contributed by atoms with van der Waals surface area (Å²) in [5.74, 6) is -0.627. The Morgan fingerprint density at radius 3 is 2.11 bits per heavy atom. The van der Waals surface area contributed by atoms with Gasteiger partial charge in [-0.3, -0.25) is 9.59 Å². The number of carbonyl (C=O) groups is 3. The van der Waals surface area contributed by atoms with Crippen LogP contribution in [0, 0.1) is 27.7 Å². The number of nitrogens with zero attached hydrogens (tertiary/aromatic N) is 1. The van der Waals surface area contributed by atoms with Crippen LogP contribution in [0.2, 0.25) is 0 Å². The van der Waals surface area contributed by atoms with Crippen LogP contribution in [0.5, 0.6) is 5.75 Å². The summed E-state index contributed by atoms with van der Waals surface area (Å²) in [6, 6.07) is 16.2. The number of hydrogen-bond acceptors (Lipinski definition) is 5. The Morgan fingerprint density at radius 1 is 0.889 bits per heavy atom. The molecule has 0 saturated carbocycles. The zero-order valence-corrected chi connectivity index (χ0v) is 28.0. The van der Waals surface area contributed by atoms with Gasteiger partial charge in [0.05, 0.1) is 0 Å². The molecule has 0 bridgehead atoms. The van der Waals surface area contributed by atoms with Crippen LogP contribution in [0.1, 0.15) is 86.4 Å². The first-order valence-corrected chi connectivity index (χ1v) is 15.7. The Kier molecular flexibility index (Phi) is 12.2. The third kappa shape index (κ3) is 10.1. The smallest absolute Gasteiger partial charge is 0.408 e. The second kappa shape index (κ2) is 15.6. The molecule has 8 heteroatoms. The summed E-state index contributed by atoms with van der Waals surface area (Å²) >= 11 is 0. The number of rotatable bonds is 12. The molecule has 0 heterocycles. The molecule has 0 aliphatic carbocycles. The molecule has 0 spiro atoms. The predicted molar refractivity (Wildman–Crippen MR) is 179 cm³/mol. The lowest BCUT2D eigenvalue weighted by Crippen LogP contribution is -2.53. The number of aryl methyl sites for hydroxylation is 4. The van der Waals surface area contributed by atoms with E-state index in [1.807, 2.05) is 64.1 Å². The Bertz CT molecular complexity index is 1460. The Morgan fingerprint density at radius 2 is 1.53 bits per heavy atom. The first-order valence-electron chi connectivity index (χ1n) is 15.7. The first-order chi connectivity index (χ1) is 21.2. The summed E-state index contributed by atoms with van der Waals surface area (Å²) in [4.78, 5) is 43.8. The van der Waals surface area contributed by atoms with Gasteiger partial charge in [-0.25, -0.2) is 4.79 Å². The summed E-state index contributed by atoms with van der Waals surface area (Å²) in [6.07, 6.45) is 1.89. The fourth-order valence-electron chi connectivity index (χ4n) is 5.40. The summed E-state index contributed by atoms with van der Waals surface area (Å²) in [7, 11) is 0. The molecule has 2 unspecified atom stereocenters. The van der Waals surface area contributed by atoms with E-state index in [0.717, 1.165) is 46.2 Å². The van der Waals surface area contributed by atoms with Crippen molar-refractivity contribution in [3.63, 3.8) is 0 Å². The quantitative estimate of drug-likeness (QED) is 0.183. The van der Waals surface area contributed by atoms with Crippen LogP contribution in [-0.2, 0) is 20.7 Å². The standard InChI is InChI=1S/C37H49N3O5/c1-9-10-11-21-40(35(43)31(38-36(44)45-37(6,7)8)23-28-16-18-29(41)19-17-28)33(30-20-15-24(2)22-27(30)5)34(42)39-32-25(3)13-12-14-26(32)4/h12-20,22,31,33,41H,9-11,21,23H2,1-8H3,(H,38,44)(H,39,42). The van der Waals surface area contributed by atoms with Gasteiger partial charge in [-0.2, -0.15) is 0 Å². The minimum absolute atomic E-state index is 0.0981. The Labute approximate surface area is 268 Å². The van der Waals surface area contributed by atoms with Crippen molar-refractivity contribution in [2.45, 2.75) is 98.8 Å². The van der Waals surface area contributed by atoms with Gasteiger partial charge in [0.15, 0.2) is 0 Å². The number of phenols is 1. The number of amides is 3. The Balaban J connectivity index is 2.14.